The van der Waals surface area contributed by atoms with Gasteiger partial charge < -0.3 is 10.6 Å². The highest BCUT2D eigenvalue weighted by molar-refractivity contribution is 5.54. The molecule has 0 unspecified atom stereocenters. The first-order valence-electron chi connectivity index (χ1n) is 5.67. The molecule has 2 aromatic heterocycles. The Labute approximate surface area is 109 Å². The van der Waals surface area contributed by atoms with Gasteiger partial charge in [-0.05, 0) is 12.1 Å². The third kappa shape index (κ3) is 3.38. The van der Waals surface area contributed by atoms with Gasteiger partial charge in [0.1, 0.15) is 11.6 Å². The van der Waals surface area contributed by atoms with Crippen LogP contribution in [0.15, 0.2) is 36.5 Å². The van der Waals surface area contributed by atoms with Crippen LogP contribution in [0.4, 0.5) is 17.3 Å². The molecule has 0 saturated heterocycles. The number of aromatic nitrogens is 2. The Morgan fingerprint density at radius 1 is 1.32 bits per heavy atom. The van der Waals surface area contributed by atoms with Gasteiger partial charge in [-0.25, -0.2) is 4.98 Å². The summed E-state index contributed by atoms with van der Waals surface area (Å²) in [7, 11) is 1.66. The smallest absolute Gasteiger partial charge is 0.276 e. The van der Waals surface area contributed by atoms with Crippen LogP contribution in [0.1, 0.15) is 5.69 Å². The lowest BCUT2D eigenvalue weighted by Gasteiger charge is -2.07. The molecule has 0 atom stereocenters. The molecule has 0 aliphatic rings. The molecule has 7 heteroatoms. The fraction of sp³-hybridized carbons (Fsp3) is 0.167. The highest BCUT2D eigenvalue weighted by Crippen LogP contribution is 2.20. The van der Waals surface area contributed by atoms with E-state index in [0.717, 1.165) is 5.69 Å². The number of anilines is 2. The maximum Gasteiger partial charge on any atom is 0.276 e. The average molecular weight is 259 g/mol. The summed E-state index contributed by atoms with van der Waals surface area (Å²) < 4.78 is 0. The molecule has 2 heterocycles. The number of nitrogens with one attached hydrogen (secondary N) is 2. The van der Waals surface area contributed by atoms with Crippen LogP contribution >= 0.6 is 0 Å². The van der Waals surface area contributed by atoms with Crippen LogP contribution in [0.2, 0.25) is 0 Å². The molecule has 7 nitrogen and oxygen atoms in total. The van der Waals surface area contributed by atoms with Gasteiger partial charge >= 0.3 is 0 Å². The summed E-state index contributed by atoms with van der Waals surface area (Å²) in [5.74, 6) is 0.877. The summed E-state index contributed by atoms with van der Waals surface area (Å²) >= 11 is 0. The molecule has 2 aromatic rings. The zero-order valence-corrected chi connectivity index (χ0v) is 10.3. The maximum absolute atomic E-state index is 10.8. The van der Waals surface area contributed by atoms with E-state index in [2.05, 4.69) is 20.6 Å². The van der Waals surface area contributed by atoms with Crippen molar-refractivity contribution in [3.05, 3.63) is 52.3 Å². The van der Waals surface area contributed by atoms with Crippen molar-refractivity contribution in [3.63, 3.8) is 0 Å². The molecule has 0 saturated carbocycles. The fourth-order valence-electron chi connectivity index (χ4n) is 1.52. The van der Waals surface area contributed by atoms with E-state index in [-0.39, 0.29) is 5.69 Å². The Bertz CT molecular complexity index is 574. The first kappa shape index (κ1) is 12.7. The van der Waals surface area contributed by atoms with Crippen LogP contribution < -0.4 is 10.6 Å². The van der Waals surface area contributed by atoms with E-state index in [4.69, 9.17) is 0 Å². The van der Waals surface area contributed by atoms with Crippen LogP contribution in [-0.2, 0) is 6.54 Å². The van der Waals surface area contributed by atoms with Gasteiger partial charge in [-0.3, -0.25) is 15.1 Å². The predicted molar refractivity (Wildman–Crippen MR) is 72.0 cm³/mol. The molecule has 0 aliphatic heterocycles. The third-order valence-electron chi connectivity index (χ3n) is 2.45. The summed E-state index contributed by atoms with van der Waals surface area (Å²) in [5, 5.41) is 16.6. The van der Waals surface area contributed by atoms with E-state index < -0.39 is 4.92 Å². The third-order valence-corrected chi connectivity index (χ3v) is 2.45. The van der Waals surface area contributed by atoms with E-state index >= 15 is 0 Å². The number of nitrogens with zero attached hydrogens (tertiary/aromatic N) is 3. The first-order chi connectivity index (χ1) is 9.19. The molecule has 0 bridgehead atoms. The number of pyridine rings is 2. The van der Waals surface area contributed by atoms with Crippen molar-refractivity contribution in [2.45, 2.75) is 6.54 Å². The van der Waals surface area contributed by atoms with Crippen LogP contribution in [-0.4, -0.2) is 21.9 Å². The fourth-order valence-corrected chi connectivity index (χ4v) is 1.52. The summed E-state index contributed by atoms with van der Waals surface area (Å²) in [6, 6.07) is 8.34. The van der Waals surface area contributed by atoms with Crippen molar-refractivity contribution < 1.29 is 4.92 Å². The molecule has 98 valence electrons. The Hall–Kier alpha value is -2.70. The molecule has 19 heavy (non-hydrogen) atoms. The van der Waals surface area contributed by atoms with E-state index in [1.807, 2.05) is 18.2 Å². The number of hydrogen-bond acceptors (Lipinski definition) is 6. The number of rotatable bonds is 5. The van der Waals surface area contributed by atoms with Gasteiger partial charge in [-0.15, -0.1) is 0 Å². The second kappa shape index (κ2) is 5.76. The number of hydrogen-bond donors (Lipinski definition) is 2. The standard InChI is InChI=1S/C12H13N5O2/c1-13-11-6-10(17(18)19)7-12(16-11)15-8-9-4-2-3-5-14-9/h2-7H,8H2,1H3,(H2,13,15,16). The van der Waals surface area contributed by atoms with Crippen molar-refractivity contribution in [1.29, 1.82) is 0 Å². The second-order valence-corrected chi connectivity index (χ2v) is 3.78. The minimum atomic E-state index is -0.450. The van der Waals surface area contributed by atoms with Crippen molar-refractivity contribution in [1.82, 2.24) is 9.97 Å². The summed E-state index contributed by atoms with van der Waals surface area (Å²) in [6.45, 7) is 0.457. The van der Waals surface area contributed by atoms with Crippen LogP contribution in [0.5, 0.6) is 0 Å². The SMILES string of the molecule is CNc1cc([N+](=O)[O-])cc(NCc2ccccn2)n1. The Balaban J connectivity index is 2.15. The van der Waals surface area contributed by atoms with Crippen molar-refractivity contribution in [2.24, 2.45) is 0 Å². The normalized spacial score (nSPS) is 9.95. The van der Waals surface area contributed by atoms with Crippen molar-refractivity contribution >= 4 is 17.3 Å². The molecular formula is C12H13N5O2. The van der Waals surface area contributed by atoms with Gasteiger partial charge in [0.15, 0.2) is 0 Å². The molecule has 0 fully saturated rings. The molecule has 0 amide bonds. The molecule has 2 N–H and O–H groups in total. The van der Waals surface area contributed by atoms with Crippen LogP contribution in [0, 0.1) is 10.1 Å². The molecule has 0 aromatic carbocycles. The monoisotopic (exact) mass is 259 g/mol. The zero-order chi connectivity index (χ0) is 13.7. The second-order valence-electron chi connectivity index (χ2n) is 3.78. The highest BCUT2D eigenvalue weighted by Gasteiger charge is 2.10. The largest absolute Gasteiger partial charge is 0.373 e. The quantitative estimate of drug-likeness (QED) is 0.630. The molecule has 0 aliphatic carbocycles. The molecular weight excluding hydrogens is 246 g/mol. The molecule has 2 rings (SSSR count). The van der Waals surface area contributed by atoms with Gasteiger partial charge in [-0.2, -0.15) is 0 Å². The van der Waals surface area contributed by atoms with Gasteiger partial charge in [-0.1, -0.05) is 6.07 Å². The van der Waals surface area contributed by atoms with Gasteiger partial charge in [0.25, 0.3) is 5.69 Å². The molecule has 0 spiro atoms. The van der Waals surface area contributed by atoms with E-state index in [9.17, 15) is 10.1 Å². The van der Waals surface area contributed by atoms with E-state index in [0.29, 0.717) is 18.2 Å². The van der Waals surface area contributed by atoms with Gasteiger partial charge in [0, 0.05) is 13.2 Å². The Morgan fingerprint density at radius 3 is 2.74 bits per heavy atom. The van der Waals surface area contributed by atoms with E-state index in [1.165, 1.54) is 12.1 Å². The van der Waals surface area contributed by atoms with Gasteiger partial charge in [0.2, 0.25) is 0 Å². The van der Waals surface area contributed by atoms with E-state index in [1.54, 1.807) is 13.2 Å². The van der Waals surface area contributed by atoms with Crippen LogP contribution in [0.25, 0.3) is 0 Å². The predicted octanol–water partition coefficient (Wildman–Crippen LogP) is 2.04. The lowest BCUT2D eigenvalue weighted by Crippen LogP contribution is -2.05. The lowest BCUT2D eigenvalue weighted by molar-refractivity contribution is -0.384. The minimum absolute atomic E-state index is 0.0112. The maximum atomic E-state index is 10.8. The Morgan fingerprint density at radius 2 is 2.11 bits per heavy atom. The summed E-state index contributed by atoms with van der Waals surface area (Å²) in [5.41, 5.74) is 0.824. The Kier molecular flexibility index (Phi) is 3.87. The number of nitro groups is 1. The topological polar surface area (TPSA) is 93.0 Å². The minimum Gasteiger partial charge on any atom is -0.373 e. The van der Waals surface area contributed by atoms with Crippen molar-refractivity contribution in [2.75, 3.05) is 17.7 Å². The van der Waals surface area contributed by atoms with Gasteiger partial charge in [0.05, 0.1) is 29.3 Å². The van der Waals surface area contributed by atoms with Crippen molar-refractivity contribution in [3.8, 4) is 0 Å². The summed E-state index contributed by atoms with van der Waals surface area (Å²) in [6.07, 6.45) is 1.69. The zero-order valence-electron chi connectivity index (χ0n) is 10.3. The molecule has 0 radical (unpaired) electrons. The lowest BCUT2D eigenvalue weighted by atomic mass is 10.3. The summed E-state index contributed by atoms with van der Waals surface area (Å²) in [4.78, 5) is 18.7. The highest BCUT2D eigenvalue weighted by atomic mass is 16.6. The average Bonchev–Trinajstić information content (AvgIpc) is 2.45. The first-order valence-corrected chi connectivity index (χ1v) is 5.67. The van der Waals surface area contributed by atoms with Crippen LogP contribution in [0.3, 0.4) is 0 Å².